The van der Waals surface area contributed by atoms with E-state index >= 15 is 0 Å². The lowest BCUT2D eigenvalue weighted by atomic mass is 10.4. The first-order valence-electron chi connectivity index (χ1n) is 6.17. The van der Waals surface area contributed by atoms with Crippen LogP contribution < -0.4 is 10.2 Å². The molecule has 102 valence electrons. The molecule has 6 heteroatoms. The minimum absolute atomic E-state index is 0.582. The number of hydrogen-bond acceptors (Lipinski definition) is 5. The number of hydrogen-bond donors (Lipinski definition) is 1. The van der Waals surface area contributed by atoms with Gasteiger partial charge in [0.25, 0.3) is 0 Å². The van der Waals surface area contributed by atoms with Gasteiger partial charge in [-0.3, -0.25) is 0 Å². The Morgan fingerprint density at radius 3 is 2.61 bits per heavy atom. The van der Waals surface area contributed by atoms with E-state index in [1.165, 1.54) is 0 Å². The van der Waals surface area contributed by atoms with Gasteiger partial charge in [0.15, 0.2) is 5.82 Å². The third-order valence-electron chi connectivity index (χ3n) is 2.50. The molecule has 1 aromatic heterocycles. The van der Waals surface area contributed by atoms with E-state index in [-0.39, 0.29) is 0 Å². The van der Waals surface area contributed by atoms with Crippen molar-refractivity contribution < 1.29 is 0 Å². The Kier molecular flexibility index (Phi) is 6.15. The van der Waals surface area contributed by atoms with Crippen LogP contribution in [0.25, 0.3) is 0 Å². The summed E-state index contributed by atoms with van der Waals surface area (Å²) in [6.45, 7) is 4.79. The van der Waals surface area contributed by atoms with Crippen molar-refractivity contribution in [3.63, 3.8) is 0 Å². The average Bonchev–Trinajstić information content (AvgIpc) is 2.35. The molecule has 5 nitrogen and oxygen atoms in total. The maximum absolute atomic E-state index is 6.13. The Hall–Kier alpha value is -1.07. The molecule has 1 aromatic rings. The Morgan fingerprint density at radius 2 is 2.00 bits per heavy atom. The number of nitrogens with one attached hydrogen (secondary N) is 1. The third kappa shape index (κ3) is 4.66. The van der Waals surface area contributed by atoms with Crippen molar-refractivity contribution in [1.29, 1.82) is 0 Å². The van der Waals surface area contributed by atoms with Crippen molar-refractivity contribution in [3.8, 4) is 0 Å². The zero-order chi connectivity index (χ0) is 13.5. The summed E-state index contributed by atoms with van der Waals surface area (Å²) in [7, 11) is 6.08. The molecule has 0 aromatic carbocycles. The molecule has 0 saturated carbocycles. The fourth-order valence-corrected chi connectivity index (χ4v) is 1.64. The van der Waals surface area contributed by atoms with Gasteiger partial charge >= 0.3 is 0 Å². The molecule has 0 amide bonds. The van der Waals surface area contributed by atoms with Crippen LogP contribution in [-0.2, 0) is 0 Å². The van der Waals surface area contributed by atoms with Gasteiger partial charge < -0.3 is 15.1 Å². The minimum Gasteiger partial charge on any atom is -0.357 e. The van der Waals surface area contributed by atoms with Crippen LogP contribution in [0.2, 0.25) is 5.02 Å². The van der Waals surface area contributed by atoms with E-state index in [9.17, 15) is 0 Å². The van der Waals surface area contributed by atoms with E-state index in [0.29, 0.717) is 11.0 Å². The van der Waals surface area contributed by atoms with Crippen LogP contribution in [-0.4, -0.2) is 55.6 Å². The third-order valence-corrected chi connectivity index (χ3v) is 2.77. The molecule has 0 unspecified atom stereocenters. The molecule has 0 spiro atoms. The Balaban J connectivity index is 2.72. The zero-order valence-electron chi connectivity index (χ0n) is 11.6. The van der Waals surface area contributed by atoms with Crippen LogP contribution >= 0.6 is 11.6 Å². The summed E-state index contributed by atoms with van der Waals surface area (Å²) in [4.78, 5) is 12.8. The van der Waals surface area contributed by atoms with Crippen molar-refractivity contribution >= 4 is 23.4 Å². The summed E-state index contributed by atoms with van der Waals surface area (Å²) in [5, 5.41) is 3.75. The van der Waals surface area contributed by atoms with Crippen molar-refractivity contribution in [2.24, 2.45) is 0 Å². The maximum Gasteiger partial charge on any atom is 0.224 e. The molecular weight excluding hydrogens is 250 g/mol. The van der Waals surface area contributed by atoms with Gasteiger partial charge in [-0.25, -0.2) is 4.98 Å². The van der Waals surface area contributed by atoms with Crippen molar-refractivity contribution in [3.05, 3.63) is 11.2 Å². The molecule has 0 fully saturated rings. The molecule has 0 aliphatic rings. The average molecular weight is 272 g/mol. The van der Waals surface area contributed by atoms with Gasteiger partial charge in [-0.2, -0.15) is 4.98 Å². The fourth-order valence-electron chi connectivity index (χ4n) is 1.40. The zero-order valence-corrected chi connectivity index (χ0v) is 12.3. The van der Waals surface area contributed by atoms with Crippen LogP contribution in [0, 0.1) is 0 Å². The smallest absolute Gasteiger partial charge is 0.224 e. The highest BCUT2D eigenvalue weighted by atomic mass is 35.5. The summed E-state index contributed by atoms with van der Waals surface area (Å²) < 4.78 is 0. The van der Waals surface area contributed by atoms with Crippen LogP contribution in [0.5, 0.6) is 0 Å². The summed E-state index contributed by atoms with van der Waals surface area (Å²) in [6.07, 6.45) is 2.69. The van der Waals surface area contributed by atoms with E-state index in [1.807, 2.05) is 26.0 Å². The highest BCUT2D eigenvalue weighted by Gasteiger charge is 2.10. The van der Waals surface area contributed by atoms with Crippen molar-refractivity contribution in [1.82, 2.24) is 14.9 Å². The van der Waals surface area contributed by atoms with Gasteiger partial charge in [0.1, 0.15) is 5.02 Å². The lowest BCUT2D eigenvalue weighted by Crippen LogP contribution is -2.29. The molecule has 0 aliphatic carbocycles. The number of anilines is 2. The second-order valence-electron chi connectivity index (χ2n) is 4.52. The van der Waals surface area contributed by atoms with Gasteiger partial charge in [-0.05, 0) is 20.5 Å². The topological polar surface area (TPSA) is 44.3 Å². The predicted octanol–water partition coefficient (Wildman–Crippen LogP) is 1.95. The second kappa shape index (κ2) is 7.38. The van der Waals surface area contributed by atoms with Gasteiger partial charge in [0.2, 0.25) is 5.95 Å². The minimum atomic E-state index is 0.582. The summed E-state index contributed by atoms with van der Waals surface area (Å²) >= 11 is 6.13. The van der Waals surface area contributed by atoms with Crippen molar-refractivity contribution in [2.75, 3.05) is 51.0 Å². The number of aromatic nitrogens is 2. The molecule has 0 atom stereocenters. The van der Waals surface area contributed by atoms with E-state index in [0.717, 1.165) is 31.9 Å². The number of nitrogens with zero attached hydrogens (tertiary/aromatic N) is 4. The number of rotatable bonds is 7. The molecule has 0 saturated heterocycles. The Bertz CT molecular complexity index is 369. The first-order valence-corrected chi connectivity index (χ1v) is 6.54. The molecule has 1 N–H and O–H groups in total. The first kappa shape index (κ1) is 15.0. The van der Waals surface area contributed by atoms with Gasteiger partial charge in [-0.15, -0.1) is 0 Å². The highest BCUT2D eigenvalue weighted by Crippen LogP contribution is 2.22. The molecular formula is C12H22ClN5. The van der Waals surface area contributed by atoms with Gasteiger partial charge in [0, 0.05) is 26.7 Å². The lowest BCUT2D eigenvalue weighted by molar-refractivity contribution is 0.416. The second-order valence-corrected chi connectivity index (χ2v) is 4.92. The van der Waals surface area contributed by atoms with Gasteiger partial charge in [0.05, 0.1) is 6.20 Å². The maximum atomic E-state index is 6.13. The quantitative estimate of drug-likeness (QED) is 0.821. The molecule has 0 radical (unpaired) electrons. The standard InChI is InChI=1S/C12H22ClN5/c1-5-6-14-12-15-9-10(13)11(16-12)18(4)8-7-17(2)3/h9H,5-8H2,1-4H3,(H,14,15,16). The molecule has 1 heterocycles. The summed E-state index contributed by atoms with van der Waals surface area (Å²) in [5.74, 6) is 1.40. The fraction of sp³-hybridized carbons (Fsp3) is 0.667. The molecule has 0 bridgehead atoms. The van der Waals surface area contributed by atoms with E-state index < -0.39 is 0 Å². The molecule has 0 aliphatic heterocycles. The van der Waals surface area contributed by atoms with E-state index in [1.54, 1.807) is 6.20 Å². The predicted molar refractivity (Wildman–Crippen MR) is 77.6 cm³/mol. The Labute approximate surface area is 114 Å². The van der Waals surface area contributed by atoms with Gasteiger partial charge in [-0.1, -0.05) is 18.5 Å². The normalized spacial score (nSPS) is 10.8. The van der Waals surface area contributed by atoms with Crippen molar-refractivity contribution in [2.45, 2.75) is 13.3 Å². The monoisotopic (exact) mass is 271 g/mol. The largest absolute Gasteiger partial charge is 0.357 e. The summed E-state index contributed by atoms with van der Waals surface area (Å²) in [6, 6.07) is 0. The SMILES string of the molecule is CCCNc1ncc(Cl)c(N(C)CCN(C)C)n1. The first-order chi connectivity index (χ1) is 8.54. The van der Waals surface area contributed by atoms with Crippen LogP contribution in [0.3, 0.4) is 0 Å². The lowest BCUT2D eigenvalue weighted by Gasteiger charge is -2.21. The van der Waals surface area contributed by atoms with Crippen LogP contribution in [0.1, 0.15) is 13.3 Å². The summed E-state index contributed by atoms with van der Waals surface area (Å²) in [5.41, 5.74) is 0. The number of halogens is 1. The number of likely N-dealkylation sites (N-methyl/N-ethyl adjacent to an activating group) is 2. The van der Waals surface area contributed by atoms with Crippen LogP contribution in [0.4, 0.5) is 11.8 Å². The molecule has 1 rings (SSSR count). The Morgan fingerprint density at radius 1 is 1.28 bits per heavy atom. The van der Waals surface area contributed by atoms with E-state index in [4.69, 9.17) is 11.6 Å². The van der Waals surface area contributed by atoms with Crippen LogP contribution in [0.15, 0.2) is 6.20 Å². The molecule has 18 heavy (non-hydrogen) atoms. The van der Waals surface area contributed by atoms with E-state index in [2.05, 4.69) is 27.1 Å². The highest BCUT2D eigenvalue weighted by molar-refractivity contribution is 6.32.